The van der Waals surface area contributed by atoms with Crippen LogP contribution in [0.5, 0.6) is 0 Å². The highest BCUT2D eigenvalue weighted by atomic mass is 16.5. The van der Waals surface area contributed by atoms with Gasteiger partial charge < -0.3 is 4.74 Å². The molecule has 23 heavy (non-hydrogen) atoms. The second kappa shape index (κ2) is 5.32. The Morgan fingerprint density at radius 2 is 1.87 bits per heavy atom. The first kappa shape index (κ1) is 15.7. The van der Waals surface area contributed by atoms with Crippen molar-refractivity contribution < 1.29 is 14.3 Å². The Balaban J connectivity index is 1.57. The Bertz CT molecular complexity index is 515. The summed E-state index contributed by atoms with van der Waals surface area (Å²) in [5, 5.41) is 0. The Morgan fingerprint density at radius 3 is 2.65 bits per heavy atom. The Morgan fingerprint density at radius 1 is 1.04 bits per heavy atom. The number of Topliss-reactive ketones (excluding diaryl/α,β-unsaturated/α-hetero) is 1. The molecule has 0 saturated heterocycles. The molecule has 4 rings (SSSR count). The van der Waals surface area contributed by atoms with Gasteiger partial charge in [0, 0.05) is 11.8 Å². The van der Waals surface area contributed by atoms with Crippen LogP contribution in [0.15, 0.2) is 0 Å². The number of rotatable bonds is 2. The summed E-state index contributed by atoms with van der Waals surface area (Å²) in [7, 11) is 0. The van der Waals surface area contributed by atoms with Gasteiger partial charge in [0.2, 0.25) is 0 Å². The van der Waals surface area contributed by atoms with Gasteiger partial charge in [-0.25, -0.2) is 0 Å². The molecular weight excluding hydrogens is 288 g/mol. The quantitative estimate of drug-likeness (QED) is 0.719. The summed E-state index contributed by atoms with van der Waals surface area (Å²) in [6.07, 6.45) is 10.2. The molecule has 0 aromatic heterocycles. The molecule has 0 amide bonds. The van der Waals surface area contributed by atoms with Gasteiger partial charge in [-0.2, -0.15) is 0 Å². The minimum atomic E-state index is -0.0117. The van der Waals surface area contributed by atoms with Crippen LogP contribution in [0, 0.1) is 34.5 Å². The number of carbonyl (C=O) groups excluding carboxylic acids is 2. The summed E-state index contributed by atoms with van der Waals surface area (Å²) in [5.74, 6) is 3.41. The number of ketones is 1. The zero-order valence-electron chi connectivity index (χ0n) is 14.6. The third-order valence-electron chi connectivity index (χ3n) is 8.57. The van der Waals surface area contributed by atoms with Crippen LogP contribution in [0.3, 0.4) is 0 Å². The highest BCUT2D eigenvalue weighted by Crippen LogP contribution is 2.65. The highest BCUT2D eigenvalue weighted by Gasteiger charge is 2.60. The van der Waals surface area contributed by atoms with Crippen LogP contribution in [-0.2, 0) is 14.3 Å². The Labute approximate surface area is 139 Å². The normalized spacial score (nSPS) is 52.3. The van der Waals surface area contributed by atoms with Crippen LogP contribution in [0.4, 0.5) is 0 Å². The molecule has 4 aliphatic carbocycles. The summed E-state index contributed by atoms with van der Waals surface area (Å²) < 4.78 is 5.29. The van der Waals surface area contributed by atoms with E-state index < -0.39 is 0 Å². The number of carbonyl (C=O) groups is 2. The van der Waals surface area contributed by atoms with Crippen molar-refractivity contribution in [2.45, 2.75) is 77.7 Å². The van der Waals surface area contributed by atoms with Gasteiger partial charge in [0.25, 0.3) is 6.47 Å². The molecule has 3 heteroatoms. The summed E-state index contributed by atoms with van der Waals surface area (Å²) in [5.41, 5.74) is 0.390. The molecule has 0 heterocycles. The van der Waals surface area contributed by atoms with E-state index in [-0.39, 0.29) is 11.5 Å². The minimum absolute atomic E-state index is 0.0117. The van der Waals surface area contributed by atoms with E-state index in [1.54, 1.807) is 0 Å². The summed E-state index contributed by atoms with van der Waals surface area (Å²) in [6.45, 7) is 5.40. The van der Waals surface area contributed by atoms with Gasteiger partial charge in [-0.3, -0.25) is 9.59 Å². The van der Waals surface area contributed by atoms with Crippen molar-refractivity contribution in [3.8, 4) is 0 Å². The lowest BCUT2D eigenvalue weighted by molar-refractivity contribution is -0.151. The molecule has 4 fully saturated rings. The van der Waals surface area contributed by atoms with Crippen molar-refractivity contribution in [2.24, 2.45) is 34.5 Å². The second-order valence-electron chi connectivity index (χ2n) is 9.20. The largest absolute Gasteiger partial charge is 0.465 e. The van der Waals surface area contributed by atoms with Gasteiger partial charge in [-0.05, 0) is 80.5 Å². The van der Waals surface area contributed by atoms with Crippen LogP contribution >= 0.6 is 0 Å². The molecule has 0 aromatic rings. The van der Waals surface area contributed by atoms with E-state index in [1.807, 2.05) is 0 Å². The summed E-state index contributed by atoms with van der Waals surface area (Å²) >= 11 is 0. The van der Waals surface area contributed by atoms with Gasteiger partial charge in [0.05, 0.1) is 0 Å². The van der Waals surface area contributed by atoms with E-state index in [0.29, 0.717) is 29.5 Å². The predicted octanol–water partition coefficient (Wildman–Crippen LogP) is 4.14. The van der Waals surface area contributed by atoms with Gasteiger partial charge in [-0.15, -0.1) is 0 Å². The predicted molar refractivity (Wildman–Crippen MR) is 87.7 cm³/mol. The van der Waals surface area contributed by atoms with E-state index >= 15 is 0 Å². The molecular formula is C20H30O3. The lowest BCUT2D eigenvalue weighted by atomic mass is 9.45. The van der Waals surface area contributed by atoms with Gasteiger partial charge in [-0.1, -0.05) is 13.8 Å². The standard InChI is InChI=1S/C20H30O3/c1-19-9-7-14(23-12-21)11-13(19)3-4-15-16-5-6-18(22)20(16,2)10-8-17(15)19/h12-17H,3-11H2,1-2H3/t13-,14-,15+,16+,17+,19+,20+/m1/s1. The monoisotopic (exact) mass is 318 g/mol. The Hall–Kier alpha value is -0.860. The van der Waals surface area contributed by atoms with E-state index in [9.17, 15) is 9.59 Å². The second-order valence-corrected chi connectivity index (χ2v) is 9.20. The van der Waals surface area contributed by atoms with Crippen LogP contribution < -0.4 is 0 Å². The number of hydrogen-bond donors (Lipinski definition) is 0. The van der Waals surface area contributed by atoms with E-state index in [0.717, 1.165) is 43.9 Å². The van der Waals surface area contributed by atoms with E-state index in [1.165, 1.54) is 25.7 Å². The van der Waals surface area contributed by atoms with E-state index in [4.69, 9.17) is 4.74 Å². The van der Waals surface area contributed by atoms with Gasteiger partial charge >= 0.3 is 0 Å². The van der Waals surface area contributed by atoms with Gasteiger partial charge in [0.15, 0.2) is 0 Å². The van der Waals surface area contributed by atoms with Gasteiger partial charge in [0.1, 0.15) is 11.9 Å². The lowest BCUT2D eigenvalue weighted by Crippen LogP contribution is -2.54. The number of hydrogen-bond acceptors (Lipinski definition) is 3. The molecule has 0 bridgehead atoms. The van der Waals surface area contributed by atoms with Crippen LogP contribution in [0.25, 0.3) is 0 Å². The fourth-order valence-electron chi connectivity index (χ4n) is 7.19. The maximum atomic E-state index is 12.4. The molecule has 0 spiro atoms. The molecule has 4 aliphatic rings. The molecule has 0 aliphatic heterocycles. The lowest BCUT2D eigenvalue weighted by Gasteiger charge is -2.60. The molecule has 0 N–H and O–H groups in total. The minimum Gasteiger partial charge on any atom is -0.465 e. The number of fused-ring (bicyclic) bond motifs is 5. The molecule has 0 aromatic carbocycles. The highest BCUT2D eigenvalue weighted by molar-refractivity contribution is 5.87. The zero-order chi connectivity index (χ0) is 16.2. The third kappa shape index (κ3) is 2.14. The first-order chi connectivity index (χ1) is 11.0. The Kier molecular flexibility index (Phi) is 3.62. The zero-order valence-corrected chi connectivity index (χ0v) is 14.6. The molecule has 128 valence electrons. The topological polar surface area (TPSA) is 43.4 Å². The summed E-state index contributed by atoms with van der Waals surface area (Å²) in [4.78, 5) is 23.1. The average Bonchev–Trinajstić information content (AvgIpc) is 2.84. The maximum absolute atomic E-state index is 12.4. The fourth-order valence-corrected chi connectivity index (χ4v) is 7.19. The fraction of sp³-hybridized carbons (Fsp3) is 0.900. The van der Waals surface area contributed by atoms with Crippen LogP contribution in [0.2, 0.25) is 0 Å². The first-order valence-electron chi connectivity index (χ1n) is 9.61. The molecule has 0 unspecified atom stereocenters. The summed E-state index contributed by atoms with van der Waals surface area (Å²) in [6, 6.07) is 0. The molecule has 7 atom stereocenters. The smallest absolute Gasteiger partial charge is 0.293 e. The van der Waals surface area contributed by atoms with Crippen LogP contribution in [-0.4, -0.2) is 18.4 Å². The molecule has 0 radical (unpaired) electrons. The van der Waals surface area contributed by atoms with Crippen LogP contribution in [0.1, 0.15) is 71.6 Å². The van der Waals surface area contributed by atoms with Crippen molar-refractivity contribution in [2.75, 3.05) is 0 Å². The molecule has 4 saturated carbocycles. The van der Waals surface area contributed by atoms with Crippen molar-refractivity contribution in [3.05, 3.63) is 0 Å². The van der Waals surface area contributed by atoms with Crippen molar-refractivity contribution in [3.63, 3.8) is 0 Å². The third-order valence-corrected chi connectivity index (χ3v) is 8.57. The van der Waals surface area contributed by atoms with Crippen molar-refractivity contribution in [1.82, 2.24) is 0 Å². The number of ether oxygens (including phenoxy) is 1. The van der Waals surface area contributed by atoms with Crippen molar-refractivity contribution in [1.29, 1.82) is 0 Å². The SMILES string of the molecule is C[C@]12CC[C@@H](OC=O)C[C@H]1CC[C@@H]1[C@@H]2CC[C@]2(C)C(=O)CC[C@@H]12. The maximum Gasteiger partial charge on any atom is 0.293 e. The average molecular weight is 318 g/mol. The van der Waals surface area contributed by atoms with Crippen molar-refractivity contribution >= 4 is 12.3 Å². The molecule has 3 nitrogen and oxygen atoms in total. The van der Waals surface area contributed by atoms with E-state index in [2.05, 4.69) is 13.8 Å². The first-order valence-corrected chi connectivity index (χ1v) is 9.61.